The molecule has 1 aromatic rings. The Bertz CT molecular complexity index is 562. The van der Waals surface area contributed by atoms with Gasteiger partial charge < -0.3 is 0 Å². The van der Waals surface area contributed by atoms with Crippen molar-refractivity contribution >= 4 is 28.3 Å². The highest BCUT2D eigenvalue weighted by atomic mass is 32.2. The molecule has 1 N–H and O–H groups in total. The van der Waals surface area contributed by atoms with Gasteiger partial charge in [-0.3, -0.25) is 10.2 Å². The molecule has 0 radical (unpaired) electrons. The average Bonchev–Trinajstić information content (AvgIpc) is 2.23. The van der Waals surface area contributed by atoms with Gasteiger partial charge in [0.2, 0.25) is 5.78 Å². The smallest absolute Gasteiger partial charge is 0.211 e. The largest absolute Gasteiger partial charge is 0.297 e. The second kappa shape index (κ2) is 3.43. The van der Waals surface area contributed by atoms with Gasteiger partial charge in [-0.1, -0.05) is 18.2 Å². The van der Waals surface area contributed by atoms with E-state index in [2.05, 4.69) is 0 Å². The number of carbonyl (C=O) groups is 1. The summed E-state index contributed by atoms with van der Waals surface area (Å²) in [6, 6.07) is 4.47. The number of fused-ring (bicyclic) bond motifs is 1. The van der Waals surface area contributed by atoms with E-state index >= 15 is 0 Å². The Morgan fingerprint density at radius 3 is 2.53 bits per heavy atom. The van der Waals surface area contributed by atoms with E-state index in [9.17, 15) is 13.2 Å². The zero-order valence-corrected chi connectivity index (χ0v) is 8.45. The van der Waals surface area contributed by atoms with E-state index in [4.69, 9.17) is 5.41 Å². The molecule has 76 valence electrons. The van der Waals surface area contributed by atoms with E-state index in [0.29, 0.717) is 5.56 Å². The summed E-state index contributed by atoms with van der Waals surface area (Å²) in [6.45, 7) is 0. The molecule has 1 aliphatic rings. The van der Waals surface area contributed by atoms with Crippen molar-refractivity contribution in [3.63, 3.8) is 0 Å². The van der Waals surface area contributed by atoms with E-state index in [1.807, 2.05) is 0 Å². The van der Waals surface area contributed by atoms with Crippen LogP contribution in [0.1, 0.15) is 15.9 Å². The van der Waals surface area contributed by atoms with Crippen molar-refractivity contribution in [2.75, 3.05) is 0 Å². The van der Waals surface area contributed by atoms with Crippen molar-refractivity contribution in [1.29, 1.82) is 5.41 Å². The third-order valence-corrected chi connectivity index (χ3v) is 2.97. The van der Waals surface area contributed by atoms with Crippen LogP contribution in [0.5, 0.6) is 0 Å². The normalized spacial score (nSPS) is 14.5. The van der Waals surface area contributed by atoms with Crippen LogP contribution in [0.2, 0.25) is 0 Å². The molecule has 0 heterocycles. The van der Waals surface area contributed by atoms with Crippen molar-refractivity contribution in [1.82, 2.24) is 0 Å². The standard InChI is InChI=1S/C10H7NO3S/c11-8-5-4-6-7(10(8)12)2-1-3-9(6)15(13)14/h1-5,11,15H. The van der Waals surface area contributed by atoms with Crippen LogP contribution in [-0.2, 0) is 10.7 Å². The molecule has 0 amide bonds. The monoisotopic (exact) mass is 221 g/mol. The lowest BCUT2D eigenvalue weighted by atomic mass is 9.95. The zero-order valence-electron chi connectivity index (χ0n) is 7.56. The minimum absolute atomic E-state index is 0.124. The fraction of sp³-hybridized carbons (Fsp3) is 0. The molecule has 1 aromatic carbocycles. The Kier molecular flexibility index (Phi) is 2.24. The third kappa shape index (κ3) is 1.50. The minimum Gasteiger partial charge on any atom is -0.297 e. The van der Waals surface area contributed by atoms with Gasteiger partial charge in [0.15, 0.2) is 10.7 Å². The van der Waals surface area contributed by atoms with Gasteiger partial charge in [-0.25, -0.2) is 8.42 Å². The Hall–Kier alpha value is -1.75. The van der Waals surface area contributed by atoms with Gasteiger partial charge in [-0.05, 0) is 12.1 Å². The number of benzene rings is 1. The lowest BCUT2D eigenvalue weighted by Gasteiger charge is -2.10. The van der Waals surface area contributed by atoms with Crippen molar-refractivity contribution in [2.24, 2.45) is 0 Å². The van der Waals surface area contributed by atoms with Gasteiger partial charge in [0.25, 0.3) is 0 Å². The maximum atomic E-state index is 11.5. The first kappa shape index (κ1) is 9.79. The molecule has 0 atom stereocenters. The van der Waals surface area contributed by atoms with Gasteiger partial charge in [-0.2, -0.15) is 0 Å². The van der Waals surface area contributed by atoms with E-state index in [0.717, 1.165) is 0 Å². The molecule has 0 unspecified atom stereocenters. The van der Waals surface area contributed by atoms with Crippen molar-refractivity contribution in [2.45, 2.75) is 4.90 Å². The van der Waals surface area contributed by atoms with Gasteiger partial charge in [-0.15, -0.1) is 0 Å². The average molecular weight is 221 g/mol. The molecular weight excluding hydrogens is 214 g/mol. The molecule has 5 heteroatoms. The highest BCUT2D eigenvalue weighted by Gasteiger charge is 2.20. The molecule has 0 bridgehead atoms. The van der Waals surface area contributed by atoms with Gasteiger partial charge in [0.1, 0.15) is 5.71 Å². The first-order chi connectivity index (χ1) is 7.11. The van der Waals surface area contributed by atoms with Crippen molar-refractivity contribution < 1.29 is 13.2 Å². The molecule has 0 aromatic heterocycles. The lowest BCUT2D eigenvalue weighted by molar-refractivity contribution is 0.106. The van der Waals surface area contributed by atoms with E-state index in [-0.39, 0.29) is 16.2 Å². The van der Waals surface area contributed by atoms with E-state index < -0.39 is 16.5 Å². The van der Waals surface area contributed by atoms with Crippen LogP contribution in [0.15, 0.2) is 29.2 Å². The number of allylic oxidation sites excluding steroid dienone is 1. The Balaban J connectivity index is 2.77. The summed E-state index contributed by atoms with van der Waals surface area (Å²) in [4.78, 5) is 11.6. The van der Waals surface area contributed by atoms with Crippen LogP contribution in [0.4, 0.5) is 0 Å². The fourth-order valence-corrected chi connectivity index (χ4v) is 2.07. The predicted octanol–water partition coefficient (Wildman–Crippen LogP) is 0.886. The van der Waals surface area contributed by atoms with Crippen molar-refractivity contribution in [3.8, 4) is 0 Å². The summed E-state index contributed by atoms with van der Waals surface area (Å²) in [5, 5.41) is 7.32. The quantitative estimate of drug-likeness (QED) is 0.691. The SMILES string of the molecule is N=C1C=Cc2c(cccc2[SH](=O)=O)C1=O. The van der Waals surface area contributed by atoms with Gasteiger partial charge >= 0.3 is 0 Å². The van der Waals surface area contributed by atoms with Gasteiger partial charge in [0, 0.05) is 11.1 Å². The summed E-state index contributed by atoms with van der Waals surface area (Å²) >= 11 is 0. The van der Waals surface area contributed by atoms with Crippen LogP contribution in [0.25, 0.3) is 6.08 Å². The second-order valence-electron chi connectivity index (χ2n) is 3.07. The number of hydrogen-bond donors (Lipinski definition) is 2. The second-order valence-corrected chi connectivity index (χ2v) is 4.07. The van der Waals surface area contributed by atoms with Crippen LogP contribution in [0, 0.1) is 5.41 Å². The summed E-state index contributed by atoms with van der Waals surface area (Å²) in [7, 11) is -2.72. The highest BCUT2D eigenvalue weighted by molar-refractivity contribution is 7.72. The van der Waals surface area contributed by atoms with E-state index in [1.54, 1.807) is 0 Å². The molecule has 0 saturated heterocycles. The maximum absolute atomic E-state index is 11.5. The number of ketones is 1. The Morgan fingerprint density at radius 2 is 1.87 bits per heavy atom. The van der Waals surface area contributed by atoms with E-state index in [1.165, 1.54) is 30.4 Å². The number of carbonyl (C=O) groups excluding carboxylic acids is 1. The topological polar surface area (TPSA) is 75.1 Å². The summed E-state index contributed by atoms with van der Waals surface area (Å²) in [6.07, 6.45) is 2.80. The van der Waals surface area contributed by atoms with Crippen LogP contribution in [0.3, 0.4) is 0 Å². The number of Topliss-reactive ketones (excluding diaryl/α,β-unsaturated/α-hetero) is 1. The fourth-order valence-electron chi connectivity index (χ4n) is 1.47. The molecule has 1 aliphatic carbocycles. The predicted molar refractivity (Wildman–Crippen MR) is 56.1 cm³/mol. The van der Waals surface area contributed by atoms with Gasteiger partial charge in [0.05, 0.1) is 4.90 Å². The molecular formula is C10H7NO3S. The highest BCUT2D eigenvalue weighted by Crippen LogP contribution is 2.22. The third-order valence-electron chi connectivity index (χ3n) is 2.19. The van der Waals surface area contributed by atoms with Crippen LogP contribution >= 0.6 is 0 Å². The molecule has 0 spiro atoms. The number of rotatable bonds is 1. The molecule has 0 saturated carbocycles. The number of nitrogens with one attached hydrogen (secondary N) is 1. The summed E-state index contributed by atoms with van der Waals surface area (Å²) in [5.41, 5.74) is 0.537. The number of thiol groups is 1. The molecule has 4 nitrogen and oxygen atoms in total. The summed E-state index contributed by atoms with van der Waals surface area (Å²) < 4.78 is 21.8. The first-order valence-electron chi connectivity index (χ1n) is 4.20. The van der Waals surface area contributed by atoms with Crippen LogP contribution in [-0.4, -0.2) is 19.9 Å². The molecule has 2 rings (SSSR count). The zero-order chi connectivity index (χ0) is 11.0. The number of hydrogen-bond acceptors (Lipinski definition) is 4. The Labute approximate surface area is 87.7 Å². The minimum atomic E-state index is -2.72. The summed E-state index contributed by atoms with van der Waals surface area (Å²) in [5.74, 6) is -0.439. The first-order valence-corrected chi connectivity index (χ1v) is 5.38. The molecule has 15 heavy (non-hydrogen) atoms. The molecule has 0 aliphatic heterocycles. The molecule has 0 fully saturated rings. The Morgan fingerprint density at radius 1 is 1.13 bits per heavy atom. The van der Waals surface area contributed by atoms with Crippen molar-refractivity contribution in [3.05, 3.63) is 35.4 Å². The lowest BCUT2D eigenvalue weighted by Crippen LogP contribution is -2.16. The maximum Gasteiger partial charge on any atom is 0.211 e. The van der Waals surface area contributed by atoms with Crippen LogP contribution < -0.4 is 0 Å².